The molecule has 2 N–H and O–H groups in total. The van der Waals surface area contributed by atoms with Crippen LogP contribution < -0.4 is 5.32 Å². The van der Waals surface area contributed by atoms with Crippen LogP contribution in [0.15, 0.2) is 24.5 Å². The van der Waals surface area contributed by atoms with Gasteiger partial charge in [-0.1, -0.05) is 0 Å². The molecule has 0 spiro atoms. The lowest BCUT2D eigenvalue weighted by atomic mass is 10.1. The number of nitrogens with zero attached hydrogens (tertiary/aromatic N) is 3. The Labute approximate surface area is 128 Å². The van der Waals surface area contributed by atoms with Gasteiger partial charge in [-0.05, 0) is 44.0 Å². The van der Waals surface area contributed by atoms with Crippen molar-refractivity contribution in [2.75, 3.05) is 6.54 Å². The first kappa shape index (κ1) is 14.3. The first-order valence-corrected chi connectivity index (χ1v) is 7.26. The molecule has 2 aromatic heterocycles. The van der Waals surface area contributed by atoms with Crippen molar-refractivity contribution >= 4 is 16.9 Å². The normalized spacial score (nSPS) is 11.0. The zero-order valence-electron chi connectivity index (χ0n) is 13.0. The molecule has 22 heavy (non-hydrogen) atoms. The average molecular weight is 297 g/mol. The van der Waals surface area contributed by atoms with Gasteiger partial charge in [0.2, 0.25) is 0 Å². The Morgan fingerprint density at radius 2 is 2.18 bits per heavy atom. The van der Waals surface area contributed by atoms with Gasteiger partial charge < -0.3 is 10.3 Å². The lowest BCUT2D eigenvalue weighted by Crippen LogP contribution is -2.25. The second-order valence-corrected chi connectivity index (χ2v) is 5.41. The molecule has 6 nitrogen and oxygen atoms in total. The number of fused-ring (bicyclic) bond motifs is 1. The molecule has 0 aliphatic rings. The maximum Gasteiger partial charge on any atom is 0.251 e. The molecule has 0 radical (unpaired) electrons. The molecule has 0 aliphatic heterocycles. The molecule has 0 saturated heterocycles. The van der Waals surface area contributed by atoms with Crippen LogP contribution in [0, 0.1) is 13.8 Å². The highest BCUT2D eigenvalue weighted by molar-refractivity contribution is 5.97. The molecule has 1 amide bonds. The molecule has 6 heteroatoms. The van der Waals surface area contributed by atoms with Crippen molar-refractivity contribution in [2.24, 2.45) is 7.05 Å². The van der Waals surface area contributed by atoms with E-state index < -0.39 is 0 Å². The Morgan fingerprint density at radius 3 is 2.91 bits per heavy atom. The van der Waals surface area contributed by atoms with Gasteiger partial charge in [0.25, 0.3) is 5.91 Å². The summed E-state index contributed by atoms with van der Waals surface area (Å²) in [6, 6.07) is 5.45. The van der Waals surface area contributed by atoms with E-state index in [2.05, 4.69) is 20.4 Å². The largest absolute Gasteiger partial charge is 0.352 e. The van der Waals surface area contributed by atoms with Crippen molar-refractivity contribution < 1.29 is 4.79 Å². The van der Waals surface area contributed by atoms with Crippen LogP contribution in [0.1, 0.15) is 27.3 Å². The third kappa shape index (κ3) is 2.59. The van der Waals surface area contributed by atoms with Crippen molar-refractivity contribution in [2.45, 2.75) is 20.3 Å². The average Bonchev–Trinajstić information content (AvgIpc) is 3.06. The number of aryl methyl sites for hydroxylation is 2. The molecule has 0 atom stereocenters. The van der Waals surface area contributed by atoms with E-state index >= 15 is 0 Å². The third-order valence-electron chi connectivity index (χ3n) is 4.00. The lowest BCUT2D eigenvalue weighted by Gasteiger charge is -2.06. The molecule has 0 aliphatic carbocycles. The maximum atomic E-state index is 12.2. The minimum Gasteiger partial charge on any atom is -0.352 e. The molecule has 1 aromatic carbocycles. The van der Waals surface area contributed by atoms with Gasteiger partial charge in [0.05, 0.1) is 23.1 Å². The SMILES string of the molecule is Cc1nn(C)c(C)c1CCNC(=O)c1ccc2nc[nH]c2c1. The molecular formula is C16H19N5O. The zero-order valence-corrected chi connectivity index (χ0v) is 13.0. The summed E-state index contributed by atoms with van der Waals surface area (Å²) in [7, 11) is 1.93. The summed E-state index contributed by atoms with van der Waals surface area (Å²) in [5.74, 6) is -0.0734. The van der Waals surface area contributed by atoms with Crippen LogP contribution >= 0.6 is 0 Å². The van der Waals surface area contributed by atoms with Gasteiger partial charge >= 0.3 is 0 Å². The van der Waals surface area contributed by atoms with E-state index in [1.807, 2.05) is 37.7 Å². The highest BCUT2D eigenvalue weighted by Gasteiger charge is 2.11. The summed E-state index contributed by atoms with van der Waals surface area (Å²) >= 11 is 0. The predicted molar refractivity (Wildman–Crippen MR) is 84.8 cm³/mol. The fourth-order valence-corrected chi connectivity index (χ4v) is 2.66. The minimum atomic E-state index is -0.0734. The highest BCUT2D eigenvalue weighted by Crippen LogP contribution is 2.13. The summed E-state index contributed by atoms with van der Waals surface area (Å²) in [4.78, 5) is 19.4. The number of hydrogen-bond acceptors (Lipinski definition) is 3. The van der Waals surface area contributed by atoms with E-state index in [9.17, 15) is 4.79 Å². The Bertz CT molecular complexity index is 830. The standard InChI is InChI=1S/C16H19N5O/c1-10-13(11(2)21(3)20-10)6-7-17-16(22)12-4-5-14-15(8-12)19-9-18-14/h4-5,8-9H,6-7H2,1-3H3,(H,17,22)(H,18,19). The number of aromatic amines is 1. The van der Waals surface area contributed by atoms with E-state index in [4.69, 9.17) is 0 Å². The number of amides is 1. The van der Waals surface area contributed by atoms with Gasteiger partial charge in [0.15, 0.2) is 0 Å². The monoisotopic (exact) mass is 297 g/mol. The number of H-pyrrole nitrogens is 1. The number of imidazole rings is 1. The molecule has 3 rings (SSSR count). The number of aromatic nitrogens is 4. The van der Waals surface area contributed by atoms with Gasteiger partial charge in [0, 0.05) is 24.8 Å². The number of hydrogen-bond donors (Lipinski definition) is 2. The Hall–Kier alpha value is -2.63. The van der Waals surface area contributed by atoms with E-state index in [-0.39, 0.29) is 5.91 Å². The number of carbonyl (C=O) groups excluding carboxylic acids is 1. The molecular weight excluding hydrogens is 278 g/mol. The molecule has 114 valence electrons. The number of nitrogens with one attached hydrogen (secondary N) is 2. The van der Waals surface area contributed by atoms with E-state index in [1.54, 1.807) is 12.4 Å². The molecule has 0 unspecified atom stereocenters. The van der Waals surface area contributed by atoms with Gasteiger partial charge in [-0.15, -0.1) is 0 Å². The first-order valence-electron chi connectivity index (χ1n) is 7.26. The van der Waals surface area contributed by atoms with Crippen LogP contribution in [-0.4, -0.2) is 32.2 Å². The summed E-state index contributed by atoms with van der Waals surface area (Å²) in [6.07, 6.45) is 2.41. The van der Waals surface area contributed by atoms with E-state index in [0.29, 0.717) is 12.1 Å². The fourth-order valence-electron chi connectivity index (χ4n) is 2.66. The van der Waals surface area contributed by atoms with Crippen LogP contribution in [-0.2, 0) is 13.5 Å². The van der Waals surface area contributed by atoms with E-state index in [1.165, 1.54) is 5.56 Å². The van der Waals surface area contributed by atoms with Crippen molar-refractivity contribution in [3.63, 3.8) is 0 Å². The Kier molecular flexibility index (Phi) is 3.66. The summed E-state index contributed by atoms with van der Waals surface area (Å²) in [5, 5.41) is 7.35. The maximum absolute atomic E-state index is 12.2. The minimum absolute atomic E-state index is 0.0734. The lowest BCUT2D eigenvalue weighted by molar-refractivity contribution is 0.0954. The van der Waals surface area contributed by atoms with Crippen LogP contribution in [0.2, 0.25) is 0 Å². The van der Waals surface area contributed by atoms with Crippen molar-refractivity contribution in [1.29, 1.82) is 0 Å². The van der Waals surface area contributed by atoms with Gasteiger partial charge in [-0.25, -0.2) is 4.98 Å². The topological polar surface area (TPSA) is 75.6 Å². The molecule has 0 bridgehead atoms. The van der Waals surface area contributed by atoms with Gasteiger partial charge in [-0.3, -0.25) is 9.48 Å². The quantitative estimate of drug-likeness (QED) is 0.772. The number of rotatable bonds is 4. The van der Waals surface area contributed by atoms with Crippen LogP contribution in [0.5, 0.6) is 0 Å². The second-order valence-electron chi connectivity index (χ2n) is 5.41. The zero-order chi connectivity index (χ0) is 15.7. The van der Waals surface area contributed by atoms with Gasteiger partial charge in [-0.2, -0.15) is 5.10 Å². The second kappa shape index (κ2) is 5.63. The Morgan fingerprint density at radius 1 is 1.36 bits per heavy atom. The van der Waals surface area contributed by atoms with Crippen molar-refractivity contribution in [1.82, 2.24) is 25.1 Å². The summed E-state index contributed by atoms with van der Waals surface area (Å²) in [6.45, 7) is 4.63. The third-order valence-corrected chi connectivity index (χ3v) is 4.00. The summed E-state index contributed by atoms with van der Waals surface area (Å²) in [5.41, 5.74) is 5.73. The fraction of sp³-hybridized carbons (Fsp3) is 0.312. The van der Waals surface area contributed by atoms with Crippen LogP contribution in [0.3, 0.4) is 0 Å². The number of benzene rings is 1. The predicted octanol–water partition coefficient (Wildman–Crippen LogP) is 1.89. The molecule has 0 saturated carbocycles. The van der Waals surface area contributed by atoms with Crippen molar-refractivity contribution in [3.05, 3.63) is 47.0 Å². The highest BCUT2D eigenvalue weighted by atomic mass is 16.1. The number of carbonyl (C=O) groups is 1. The molecule has 0 fully saturated rings. The molecule has 2 heterocycles. The van der Waals surface area contributed by atoms with Crippen LogP contribution in [0.25, 0.3) is 11.0 Å². The van der Waals surface area contributed by atoms with E-state index in [0.717, 1.165) is 28.8 Å². The Balaban J connectivity index is 1.64. The first-order chi connectivity index (χ1) is 10.6. The van der Waals surface area contributed by atoms with Crippen LogP contribution in [0.4, 0.5) is 0 Å². The van der Waals surface area contributed by atoms with Crippen molar-refractivity contribution in [3.8, 4) is 0 Å². The summed E-state index contributed by atoms with van der Waals surface area (Å²) < 4.78 is 1.87. The smallest absolute Gasteiger partial charge is 0.251 e. The molecule has 3 aromatic rings. The van der Waals surface area contributed by atoms with Gasteiger partial charge in [0.1, 0.15) is 0 Å².